The first-order valence-corrected chi connectivity index (χ1v) is 8.58. The maximum Gasteiger partial charge on any atom is 0.307 e. The maximum absolute atomic E-state index is 12.7. The molecule has 0 radical (unpaired) electrons. The fourth-order valence-electron chi connectivity index (χ4n) is 3.87. The van der Waals surface area contributed by atoms with E-state index in [1.807, 2.05) is 44.2 Å². The van der Waals surface area contributed by atoms with Gasteiger partial charge in [-0.1, -0.05) is 30.3 Å². The molecule has 2 heterocycles. The zero-order valence-corrected chi connectivity index (χ0v) is 14.3. The second-order valence-corrected chi connectivity index (χ2v) is 7.36. The molecule has 0 unspecified atom stereocenters. The molecule has 1 aromatic carbocycles. The SMILES string of the molecule is CC1(C)C[C@@]2(CCO1)OC(=O)C[C@@H]2C(=O)NCCc1ccccc1. The van der Waals surface area contributed by atoms with Gasteiger partial charge in [0.15, 0.2) is 0 Å². The average Bonchev–Trinajstić information content (AvgIpc) is 2.82. The third kappa shape index (κ3) is 3.61. The molecular formula is C19H25NO4. The molecule has 0 saturated carbocycles. The van der Waals surface area contributed by atoms with Gasteiger partial charge in [-0.05, 0) is 25.8 Å². The third-order valence-electron chi connectivity index (χ3n) is 4.94. The van der Waals surface area contributed by atoms with Crippen molar-refractivity contribution in [2.45, 2.75) is 50.7 Å². The number of rotatable bonds is 4. The van der Waals surface area contributed by atoms with Gasteiger partial charge in [-0.2, -0.15) is 0 Å². The van der Waals surface area contributed by atoms with Crippen LogP contribution in [0.25, 0.3) is 0 Å². The molecule has 2 aliphatic heterocycles. The molecule has 0 bridgehead atoms. The minimum absolute atomic E-state index is 0.0884. The van der Waals surface area contributed by atoms with Gasteiger partial charge in [0.2, 0.25) is 5.91 Å². The van der Waals surface area contributed by atoms with Crippen molar-refractivity contribution in [1.29, 1.82) is 0 Å². The van der Waals surface area contributed by atoms with E-state index in [1.54, 1.807) is 0 Å². The highest BCUT2D eigenvalue weighted by Crippen LogP contribution is 2.45. The Kier molecular flexibility index (Phi) is 4.63. The summed E-state index contributed by atoms with van der Waals surface area (Å²) in [6.07, 6.45) is 2.07. The van der Waals surface area contributed by atoms with Gasteiger partial charge in [-0.3, -0.25) is 9.59 Å². The predicted octanol–water partition coefficient (Wildman–Crippen LogP) is 2.24. The summed E-state index contributed by atoms with van der Waals surface area (Å²) in [5.41, 5.74) is 0.0830. The van der Waals surface area contributed by atoms with E-state index in [0.717, 1.165) is 6.42 Å². The Morgan fingerprint density at radius 1 is 1.29 bits per heavy atom. The maximum atomic E-state index is 12.7. The monoisotopic (exact) mass is 331 g/mol. The fraction of sp³-hybridized carbons (Fsp3) is 0.579. The van der Waals surface area contributed by atoms with Gasteiger partial charge < -0.3 is 14.8 Å². The number of esters is 1. The Morgan fingerprint density at radius 2 is 2.04 bits per heavy atom. The van der Waals surface area contributed by atoms with E-state index >= 15 is 0 Å². The second-order valence-electron chi connectivity index (χ2n) is 7.36. The smallest absolute Gasteiger partial charge is 0.307 e. The van der Waals surface area contributed by atoms with E-state index in [4.69, 9.17) is 9.47 Å². The van der Waals surface area contributed by atoms with Gasteiger partial charge >= 0.3 is 5.97 Å². The van der Waals surface area contributed by atoms with Crippen LogP contribution in [0.2, 0.25) is 0 Å². The molecule has 2 saturated heterocycles. The van der Waals surface area contributed by atoms with Crippen LogP contribution in [-0.4, -0.2) is 36.2 Å². The molecule has 1 spiro atoms. The van der Waals surface area contributed by atoms with Crippen LogP contribution in [0.1, 0.15) is 38.7 Å². The highest BCUT2D eigenvalue weighted by Gasteiger charge is 2.56. The van der Waals surface area contributed by atoms with Gasteiger partial charge in [0, 0.05) is 19.4 Å². The van der Waals surface area contributed by atoms with Crippen LogP contribution in [0.15, 0.2) is 30.3 Å². The topological polar surface area (TPSA) is 64.6 Å². The van der Waals surface area contributed by atoms with Crippen LogP contribution < -0.4 is 5.32 Å². The van der Waals surface area contributed by atoms with Crippen LogP contribution >= 0.6 is 0 Å². The van der Waals surface area contributed by atoms with Crippen molar-refractivity contribution in [1.82, 2.24) is 5.32 Å². The molecular weight excluding hydrogens is 306 g/mol. The zero-order valence-electron chi connectivity index (χ0n) is 14.3. The van der Waals surface area contributed by atoms with E-state index in [2.05, 4.69) is 5.32 Å². The molecule has 1 aromatic rings. The lowest BCUT2D eigenvalue weighted by molar-refractivity contribution is -0.179. The van der Waals surface area contributed by atoms with Gasteiger partial charge in [0.25, 0.3) is 0 Å². The molecule has 2 fully saturated rings. The van der Waals surface area contributed by atoms with Crippen molar-refractivity contribution < 1.29 is 19.1 Å². The number of hydrogen-bond acceptors (Lipinski definition) is 4. The highest BCUT2D eigenvalue weighted by molar-refractivity contribution is 5.87. The van der Waals surface area contributed by atoms with Crippen molar-refractivity contribution in [2.24, 2.45) is 5.92 Å². The summed E-state index contributed by atoms with van der Waals surface area (Å²) in [5, 5.41) is 2.98. The quantitative estimate of drug-likeness (QED) is 0.860. The number of nitrogens with one attached hydrogen (secondary N) is 1. The highest BCUT2D eigenvalue weighted by atomic mass is 16.6. The molecule has 0 aliphatic carbocycles. The van der Waals surface area contributed by atoms with E-state index in [1.165, 1.54) is 5.56 Å². The van der Waals surface area contributed by atoms with E-state index in [0.29, 0.717) is 26.0 Å². The molecule has 3 rings (SSSR count). The van der Waals surface area contributed by atoms with Crippen LogP contribution in [0.3, 0.4) is 0 Å². The molecule has 24 heavy (non-hydrogen) atoms. The van der Waals surface area contributed by atoms with Crippen molar-refractivity contribution >= 4 is 11.9 Å². The lowest BCUT2D eigenvalue weighted by Gasteiger charge is -2.43. The van der Waals surface area contributed by atoms with Gasteiger partial charge in [-0.25, -0.2) is 0 Å². The largest absolute Gasteiger partial charge is 0.458 e. The summed E-state index contributed by atoms with van der Waals surface area (Å²) in [4.78, 5) is 24.6. The Morgan fingerprint density at radius 3 is 2.75 bits per heavy atom. The summed E-state index contributed by atoms with van der Waals surface area (Å²) in [6, 6.07) is 10.0. The van der Waals surface area contributed by atoms with Gasteiger partial charge in [0.05, 0.1) is 24.5 Å². The molecule has 2 atom stereocenters. The molecule has 5 nitrogen and oxygen atoms in total. The summed E-state index contributed by atoms with van der Waals surface area (Å²) in [6.45, 7) is 5.02. The summed E-state index contributed by atoms with van der Waals surface area (Å²) in [5.74, 6) is -0.797. The van der Waals surface area contributed by atoms with Crippen LogP contribution in [-0.2, 0) is 25.5 Å². The number of amides is 1. The van der Waals surface area contributed by atoms with E-state index < -0.39 is 11.5 Å². The normalized spacial score (nSPS) is 28.6. The minimum Gasteiger partial charge on any atom is -0.458 e. The van der Waals surface area contributed by atoms with Crippen molar-refractivity contribution in [3.05, 3.63) is 35.9 Å². The van der Waals surface area contributed by atoms with Gasteiger partial charge in [-0.15, -0.1) is 0 Å². The lowest BCUT2D eigenvalue weighted by atomic mass is 9.75. The van der Waals surface area contributed by atoms with Crippen molar-refractivity contribution in [3.8, 4) is 0 Å². The predicted molar refractivity (Wildman–Crippen MR) is 89.4 cm³/mol. The number of carbonyl (C=O) groups is 2. The first-order valence-electron chi connectivity index (χ1n) is 8.58. The fourth-order valence-corrected chi connectivity index (χ4v) is 3.87. The standard InChI is InChI=1S/C19H25NO4/c1-18(2)13-19(9-11-23-18)15(12-16(21)24-19)17(22)20-10-8-14-6-4-3-5-7-14/h3-7,15H,8-13H2,1-2H3,(H,20,22)/t15-,19-/m1/s1. The number of ether oxygens (including phenoxy) is 2. The Balaban J connectivity index is 1.63. The molecule has 2 aliphatic rings. The average molecular weight is 331 g/mol. The Hall–Kier alpha value is -1.88. The Bertz CT molecular complexity index is 613. The van der Waals surface area contributed by atoms with Crippen LogP contribution in [0.5, 0.6) is 0 Å². The zero-order chi connectivity index (χ0) is 17.2. The first kappa shape index (κ1) is 17.0. The van der Waals surface area contributed by atoms with Crippen molar-refractivity contribution in [3.63, 3.8) is 0 Å². The van der Waals surface area contributed by atoms with E-state index in [9.17, 15) is 9.59 Å². The molecule has 0 aromatic heterocycles. The summed E-state index contributed by atoms with van der Waals surface area (Å²) < 4.78 is 11.4. The minimum atomic E-state index is -0.713. The van der Waals surface area contributed by atoms with Gasteiger partial charge in [0.1, 0.15) is 5.60 Å². The molecule has 130 valence electrons. The Labute approximate surface area is 142 Å². The molecule has 5 heteroatoms. The van der Waals surface area contributed by atoms with Crippen LogP contribution in [0.4, 0.5) is 0 Å². The first-order chi connectivity index (χ1) is 11.4. The van der Waals surface area contributed by atoms with E-state index in [-0.39, 0.29) is 23.9 Å². The van der Waals surface area contributed by atoms with Crippen molar-refractivity contribution in [2.75, 3.05) is 13.2 Å². The number of benzene rings is 1. The lowest BCUT2D eigenvalue weighted by Crippen LogP contribution is -2.53. The second kappa shape index (κ2) is 6.55. The number of hydrogen-bond donors (Lipinski definition) is 1. The molecule has 1 N–H and O–H groups in total. The summed E-state index contributed by atoms with van der Waals surface area (Å²) in [7, 11) is 0. The van der Waals surface area contributed by atoms with Crippen LogP contribution in [0, 0.1) is 5.92 Å². The number of carbonyl (C=O) groups excluding carboxylic acids is 2. The molecule has 1 amide bonds. The third-order valence-corrected chi connectivity index (χ3v) is 4.94. The summed E-state index contributed by atoms with van der Waals surface area (Å²) >= 11 is 0.